The van der Waals surface area contributed by atoms with Crippen molar-refractivity contribution < 1.29 is 23.1 Å². The second kappa shape index (κ2) is 8.17. The van der Waals surface area contributed by atoms with Crippen LogP contribution in [0.4, 0.5) is 8.78 Å². The van der Waals surface area contributed by atoms with Crippen molar-refractivity contribution in [3.05, 3.63) is 94.3 Å². The second-order valence-electron chi connectivity index (χ2n) is 6.45. The molecule has 0 aliphatic rings. The van der Waals surface area contributed by atoms with Gasteiger partial charge in [-0.15, -0.1) is 0 Å². The highest BCUT2D eigenvalue weighted by Crippen LogP contribution is 2.19. The summed E-state index contributed by atoms with van der Waals surface area (Å²) in [6, 6.07) is 14.6. The zero-order valence-electron chi connectivity index (χ0n) is 15.5. The van der Waals surface area contributed by atoms with Crippen molar-refractivity contribution in [1.29, 1.82) is 0 Å². The number of carbonyl (C=O) groups excluding carboxylic acids is 2. The summed E-state index contributed by atoms with van der Waals surface area (Å²) in [5.74, 6) is -3.70. The summed E-state index contributed by atoms with van der Waals surface area (Å²) in [4.78, 5) is 24.5. The number of hydrogen-bond acceptors (Lipinski definition) is 3. The van der Waals surface area contributed by atoms with Crippen LogP contribution in [0.5, 0.6) is 0 Å². The maximum atomic E-state index is 13.6. The van der Waals surface area contributed by atoms with Gasteiger partial charge in [-0.05, 0) is 37.6 Å². The fourth-order valence-electron chi connectivity index (χ4n) is 3.07. The van der Waals surface area contributed by atoms with Gasteiger partial charge in [-0.1, -0.05) is 36.4 Å². The van der Waals surface area contributed by atoms with Crippen LogP contribution in [0.2, 0.25) is 0 Å². The summed E-state index contributed by atoms with van der Waals surface area (Å²) in [5, 5.41) is 0. The molecule has 0 amide bonds. The molecular formula is C22H19F2NO3. The van der Waals surface area contributed by atoms with E-state index in [1.54, 1.807) is 6.07 Å². The molecule has 4 nitrogen and oxygen atoms in total. The number of aromatic nitrogens is 1. The zero-order chi connectivity index (χ0) is 20.3. The molecule has 0 saturated carbocycles. The number of nitrogens with zero attached hydrogens (tertiary/aromatic N) is 1. The lowest BCUT2D eigenvalue weighted by atomic mass is 10.1. The molecule has 0 bridgehead atoms. The van der Waals surface area contributed by atoms with E-state index in [0.717, 1.165) is 35.2 Å². The fraction of sp³-hybridized carbons (Fsp3) is 0.182. The quantitative estimate of drug-likeness (QED) is 0.466. The molecule has 0 unspecified atom stereocenters. The third kappa shape index (κ3) is 4.01. The number of esters is 1. The van der Waals surface area contributed by atoms with E-state index in [2.05, 4.69) is 0 Å². The van der Waals surface area contributed by atoms with Crippen LogP contribution >= 0.6 is 0 Å². The highest BCUT2D eigenvalue weighted by molar-refractivity contribution is 6.00. The van der Waals surface area contributed by atoms with Gasteiger partial charge >= 0.3 is 5.97 Å². The first-order valence-corrected chi connectivity index (χ1v) is 8.73. The molecule has 0 saturated heterocycles. The van der Waals surface area contributed by atoms with Gasteiger partial charge in [-0.25, -0.2) is 13.6 Å². The molecule has 3 rings (SSSR count). The Bertz CT molecular complexity index is 1010. The Labute approximate surface area is 161 Å². The second-order valence-corrected chi connectivity index (χ2v) is 6.45. The summed E-state index contributed by atoms with van der Waals surface area (Å²) in [6.07, 6.45) is 0. The van der Waals surface area contributed by atoms with Crippen molar-refractivity contribution in [3.63, 3.8) is 0 Å². The number of Topliss-reactive ketones (excluding diaryl/α,β-unsaturated/α-hetero) is 1. The third-order valence-corrected chi connectivity index (χ3v) is 4.56. The van der Waals surface area contributed by atoms with E-state index < -0.39 is 35.6 Å². The van der Waals surface area contributed by atoms with E-state index >= 15 is 0 Å². The van der Waals surface area contributed by atoms with Crippen LogP contribution in [0, 0.1) is 25.5 Å². The van der Waals surface area contributed by atoms with Crippen molar-refractivity contribution in [3.8, 4) is 0 Å². The lowest BCUT2D eigenvalue weighted by Gasteiger charge is -2.10. The molecule has 0 aliphatic heterocycles. The van der Waals surface area contributed by atoms with Crippen LogP contribution < -0.4 is 0 Å². The van der Waals surface area contributed by atoms with Gasteiger partial charge in [0.25, 0.3) is 0 Å². The number of halogens is 2. The van der Waals surface area contributed by atoms with Gasteiger partial charge in [0.2, 0.25) is 5.78 Å². The summed E-state index contributed by atoms with van der Waals surface area (Å²) in [7, 11) is 0. The topological polar surface area (TPSA) is 48.3 Å². The third-order valence-electron chi connectivity index (χ3n) is 4.56. The Morgan fingerprint density at radius 3 is 2.25 bits per heavy atom. The van der Waals surface area contributed by atoms with E-state index in [-0.39, 0.29) is 0 Å². The van der Waals surface area contributed by atoms with E-state index in [1.165, 1.54) is 0 Å². The Morgan fingerprint density at radius 2 is 1.61 bits per heavy atom. The van der Waals surface area contributed by atoms with Crippen LogP contribution in [-0.2, 0) is 11.3 Å². The number of ether oxygens (including phenoxy) is 1. The maximum Gasteiger partial charge on any atom is 0.344 e. The average molecular weight is 383 g/mol. The lowest BCUT2D eigenvalue weighted by Crippen LogP contribution is -2.17. The molecule has 1 heterocycles. The fourth-order valence-corrected chi connectivity index (χ4v) is 3.07. The number of hydrogen-bond donors (Lipinski definition) is 0. The van der Waals surface area contributed by atoms with Gasteiger partial charge in [0.15, 0.2) is 6.61 Å². The minimum Gasteiger partial charge on any atom is -0.454 e. The van der Waals surface area contributed by atoms with Gasteiger partial charge in [0.05, 0.1) is 0 Å². The van der Waals surface area contributed by atoms with Crippen molar-refractivity contribution in [1.82, 2.24) is 4.57 Å². The maximum absolute atomic E-state index is 13.6. The number of benzene rings is 2. The summed E-state index contributed by atoms with van der Waals surface area (Å²) >= 11 is 0. The molecule has 3 aromatic rings. The van der Waals surface area contributed by atoms with Crippen LogP contribution in [-0.4, -0.2) is 22.9 Å². The van der Waals surface area contributed by atoms with E-state index in [0.29, 0.717) is 12.1 Å². The minimum absolute atomic E-state index is 0.412. The number of ketones is 1. The largest absolute Gasteiger partial charge is 0.454 e. The summed E-state index contributed by atoms with van der Waals surface area (Å²) in [6.45, 7) is 3.70. The van der Waals surface area contributed by atoms with Crippen molar-refractivity contribution in [2.45, 2.75) is 20.4 Å². The first-order chi connectivity index (χ1) is 13.4. The molecule has 144 valence electrons. The molecule has 0 atom stereocenters. The molecule has 1 aromatic heterocycles. The van der Waals surface area contributed by atoms with Crippen LogP contribution in [0.3, 0.4) is 0 Å². The summed E-state index contributed by atoms with van der Waals surface area (Å²) in [5.41, 5.74) is 2.32. The monoisotopic (exact) mass is 383 g/mol. The first-order valence-electron chi connectivity index (χ1n) is 8.73. The van der Waals surface area contributed by atoms with Gasteiger partial charge in [-0.3, -0.25) is 4.79 Å². The SMILES string of the molecule is Cc1cc(C(=O)COC(=O)c2c(F)cccc2F)c(C)n1Cc1ccccc1. The zero-order valence-corrected chi connectivity index (χ0v) is 15.5. The molecule has 0 aliphatic carbocycles. The number of aryl methyl sites for hydroxylation is 1. The van der Waals surface area contributed by atoms with Crippen molar-refractivity contribution >= 4 is 11.8 Å². The number of carbonyl (C=O) groups is 2. The minimum atomic E-state index is -1.21. The molecule has 0 N–H and O–H groups in total. The molecule has 28 heavy (non-hydrogen) atoms. The molecular weight excluding hydrogens is 364 g/mol. The predicted molar refractivity (Wildman–Crippen MR) is 100 cm³/mol. The van der Waals surface area contributed by atoms with E-state index in [1.807, 2.05) is 48.7 Å². The normalized spacial score (nSPS) is 10.7. The number of rotatable bonds is 6. The molecule has 0 radical (unpaired) electrons. The van der Waals surface area contributed by atoms with E-state index in [9.17, 15) is 18.4 Å². The molecule has 6 heteroatoms. The van der Waals surface area contributed by atoms with Crippen molar-refractivity contribution in [2.75, 3.05) is 6.61 Å². The average Bonchev–Trinajstić information content (AvgIpc) is 2.95. The first kappa shape index (κ1) is 19.5. The van der Waals surface area contributed by atoms with Crippen LogP contribution in [0.1, 0.15) is 37.7 Å². The van der Waals surface area contributed by atoms with Gasteiger partial charge in [0.1, 0.15) is 17.2 Å². The highest BCUT2D eigenvalue weighted by atomic mass is 19.1. The predicted octanol–water partition coefficient (Wildman–Crippen LogP) is 4.47. The Balaban J connectivity index is 1.73. The Morgan fingerprint density at radius 1 is 0.964 bits per heavy atom. The van der Waals surface area contributed by atoms with E-state index in [4.69, 9.17) is 4.74 Å². The lowest BCUT2D eigenvalue weighted by molar-refractivity contribution is 0.0465. The van der Waals surface area contributed by atoms with Gasteiger partial charge in [-0.2, -0.15) is 0 Å². The van der Waals surface area contributed by atoms with Gasteiger partial charge in [0, 0.05) is 23.5 Å². The van der Waals surface area contributed by atoms with Crippen LogP contribution in [0.25, 0.3) is 0 Å². The summed E-state index contributed by atoms with van der Waals surface area (Å²) < 4.78 is 34.1. The molecule has 2 aromatic carbocycles. The van der Waals surface area contributed by atoms with Crippen molar-refractivity contribution in [2.24, 2.45) is 0 Å². The van der Waals surface area contributed by atoms with Gasteiger partial charge < -0.3 is 9.30 Å². The molecule has 0 fully saturated rings. The Hall–Kier alpha value is -3.28. The van der Waals surface area contributed by atoms with Crippen LogP contribution in [0.15, 0.2) is 54.6 Å². The smallest absolute Gasteiger partial charge is 0.344 e. The standard InChI is InChI=1S/C22H19F2NO3/c1-14-11-17(15(2)25(14)12-16-7-4-3-5-8-16)20(26)13-28-22(27)21-18(23)9-6-10-19(21)24/h3-11H,12-13H2,1-2H3. The molecule has 0 spiro atoms. The highest BCUT2D eigenvalue weighted by Gasteiger charge is 2.21. The Kier molecular flexibility index (Phi) is 5.68.